The molecule has 0 radical (unpaired) electrons. The molecule has 2 N–H and O–H groups in total. The van der Waals surface area contributed by atoms with Gasteiger partial charge in [-0.1, -0.05) is 41.7 Å². The van der Waals surface area contributed by atoms with Gasteiger partial charge in [0, 0.05) is 11.6 Å². The number of rotatable bonds is 4. The highest BCUT2D eigenvalue weighted by Gasteiger charge is 2.43. The first-order valence-electron chi connectivity index (χ1n) is 7.29. The van der Waals surface area contributed by atoms with E-state index in [-0.39, 0.29) is 5.69 Å². The molecule has 0 atom stereocenters. The van der Waals surface area contributed by atoms with Crippen LogP contribution in [0.4, 0.5) is 0 Å². The highest BCUT2D eigenvalue weighted by atomic mass is 35.5. The monoisotopic (exact) mass is 334 g/mol. The van der Waals surface area contributed by atoms with Crippen molar-refractivity contribution in [2.45, 2.75) is 31.2 Å². The topological polar surface area (TPSA) is 92.4 Å². The Bertz CT molecular complexity index is 750. The minimum atomic E-state index is -1.21. The van der Waals surface area contributed by atoms with E-state index >= 15 is 0 Å². The number of nitrogens with zero attached hydrogens (tertiary/aromatic N) is 1. The van der Waals surface area contributed by atoms with Gasteiger partial charge in [-0.25, -0.2) is 4.79 Å². The number of amides is 1. The molecule has 1 amide bonds. The smallest absolute Gasteiger partial charge is 0.329 e. The lowest BCUT2D eigenvalue weighted by Crippen LogP contribution is -2.52. The van der Waals surface area contributed by atoms with E-state index in [0.717, 1.165) is 12.8 Å². The molecular weight excluding hydrogens is 320 g/mol. The second-order valence-electron chi connectivity index (χ2n) is 5.60. The van der Waals surface area contributed by atoms with Crippen LogP contribution in [-0.4, -0.2) is 27.7 Å². The molecule has 0 bridgehead atoms. The number of nitrogens with one attached hydrogen (secondary N) is 1. The summed E-state index contributed by atoms with van der Waals surface area (Å²) in [4.78, 5) is 23.8. The Morgan fingerprint density at radius 3 is 2.61 bits per heavy atom. The van der Waals surface area contributed by atoms with Crippen LogP contribution < -0.4 is 5.32 Å². The number of halogens is 1. The summed E-state index contributed by atoms with van der Waals surface area (Å²) in [5.41, 5.74) is -0.553. The molecule has 1 saturated carbocycles. The van der Waals surface area contributed by atoms with Gasteiger partial charge in [0.15, 0.2) is 11.5 Å². The van der Waals surface area contributed by atoms with Crippen LogP contribution in [0.5, 0.6) is 0 Å². The number of hydrogen-bond donors (Lipinski definition) is 2. The van der Waals surface area contributed by atoms with Crippen molar-refractivity contribution >= 4 is 23.5 Å². The number of aromatic nitrogens is 1. The number of carbonyl (C=O) groups excluding carboxylic acids is 1. The van der Waals surface area contributed by atoms with Crippen molar-refractivity contribution in [2.75, 3.05) is 0 Å². The number of benzene rings is 1. The molecule has 0 spiro atoms. The molecule has 7 heteroatoms. The Kier molecular flexibility index (Phi) is 4.09. The fourth-order valence-electron chi connectivity index (χ4n) is 2.82. The van der Waals surface area contributed by atoms with Gasteiger partial charge in [-0.15, -0.1) is 0 Å². The zero-order chi connectivity index (χ0) is 16.4. The Morgan fingerprint density at radius 2 is 1.96 bits per heavy atom. The number of carboxylic acids is 1. The van der Waals surface area contributed by atoms with Crippen molar-refractivity contribution in [3.8, 4) is 11.3 Å². The highest BCUT2D eigenvalue weighted by molar-refractivity contribution is 6.33. The number of carboxylic acid groups (broad SMARTS) is 1. The molecule has 0 aliphatic heterocycles. The van der Waals surface area contributed by atoms with E-state index in [9.17, 15) is 14.7 Å². The van der Waals surface area contributed by atoms with Gasteiger partial charge in [0.1, 0.15) is 5.54 Å². The van der Waals surface area contributed by atoms with Crippen LogP contribution >= 0.6 is 11.6 Å². The molecule has 0 unspecified atom stereocenters. The maximum absolute atomic E-state index is 12.3. The Balaban J connectivity index is 1.82. The van der Waals surface area contributed by atoms with E-state index in [4.69, 9.17) is 16.1 Å². The van der Waals surface area contributed by atoms with Crippen LogP contribution in [0.2, 0.25) is 5.02 Å². The number of carbonyl (C=O) groups is 2. The molecule has 1 aromatic carbocycles. The number of aliphatic carboxylic acids is 1. The first kappa shape index (κ1) is 15.6. The summed E-state index contributed by atoms with van der Waals surface area (Å²) in [6.07, 6.45) is 2.39. The summed E-state index contributed by atoms with van der Waals surface area (Å²) in [6.45, 7) is 0. The standard InChI is InChI=1S/C16H15ClN2O4/c17-11-6-2-1-5-10(11)13-9-12(19-23-13)14(20)18-16(15(21)22)7-3-4-8-16/h1-2,5-6,9H,3-4,7-8H2,(H,18,20)(H,21,22). The average molecular weight is 335 g/mol. The second-order valence-corrected chi connectivity index (χ2v) is 6.01. The third-order valence-electron chi connectivity index (χ3n) is 4.10. The molecule has 3 rings (SSSR count). The summed E-state index contributed by atoms with van der Waals surface area (Å²) in [5.74, 6) is -1.22. The maximum atomic E-state index is 12.3. The summed E-state index contributed by atoms with van der Waals surface area (Å²) in [5, 5.41) is 16.2. The second kappa shape index (κ2) is 6.04. The first-order valence-corrected chi connectivity index (χ1v) is 7.67. The van der Waals surface area contributed by atoms with Gasteiger partial charge >= 0.3 is 5.97 Å². The molecule has 0 saturated heterocycles. The van der Waals surface area contributed by atoms with E-state index in [1.54, 1.807) is 24.3 Å². The van der Waals surface area contributed by atoms with Gasteiger partial charge < -0.3 is 14.9 Å². The third kappa shape index (κ3) is 2.94. The van der Waals surface area contributed by atoms with Crippen molar-refractivity contribution in [3.63, 3.8) is 0 Å². The van der Waals surface area contributed by atoms with E-state index in [2.05, 4.69) is 10.5 Å². The van der Waals surface area contributed by atoms with E-state index in [1.807, 2.05) is 0 Å². The van der Waals surface area contributed by atoms with Gasteiger partial charge in [-0.3, -0.25) is 4.79 Å². The summed E-state index contributed by atoms with van der Waals surface area (Å²) < 4.78 is 5.17. The normalized spacial score (nSPS) is 16.2. The van der Waals surface area contributed by atoms with Crippen molar-refractivity contribution in [3.05, 3.63) is 41.0 Å². The third-order valence-corrected chi connectivity index (χ3v) is 4.43. The van der Waals surface area contributed by atoms with E-state index in [0.29, 0.717) is 29.2 Å². The van der Waals surface area contributed by atoms with Gasteiger partial charge in [-0.2, -0.15) is 0 Å². The van der Waals surface area contributed by atoms with E-state index in [1.165, 1.54) is 6.07 Å². The Labute approximate surface area is 137 Å². The molecule has 6 nitrogen and oxygen atoms in total. The predicted octanol–water partition coefficient (Wildman–Crippen LogP) is 3.12. The summed E-state index contributed by atoms with van der Waals surface area (Å²) >= 11 is 6.08. The highest BCUT2D eigenvalue weighted by Crippen LogP contribution is 2.31. The largest absolute Gasteiger partial charge is 0.480 e. The Hall–Kier alpha value is -2.34. The first-order chi connectivity index (χ1) is 11.0. The van der Waals surface area contributed by atoms with Crippen molar-refractivity contribution < 1.29 is 19.2 Å². The molecule has 1 aromatic heterocycles. The fourth-order valence-corrected chi connectivity index (χ4v) is 3.05. The molecule has 1 heterocycles. The summed E-state index contributed by atoms with van der Waals surface area (Å²) in [6, 6.07) is 8.49. The predicted molar refractivity (Wildman–Crippen MR) is 83.3 cm³/mol. The van der Waals surface area contributed by atoms with Crippen molar-refractivity contribution in [1.82, 2.24) is 10.5 Å². The molecule has 2 aromatic rings. The molecular formula is C16H15ClN2O4. The Morgan fingerprint density at radius 1 is 1.26 bits per heavy atom. The van der Waals surface area contributed by atoms with Crippen LogP contribution in [0.1, 0.15) is 36.2 Å². The minimum absolute atomic E-state index is 0.0347. The van der Waals surface area contributed by atoms with Gasteiger partial charge in [0.25, 0.3) is 5.91 Å². The van der Waals surface area contributed by atoms with Gasteiger partial charge in [0.05, 0.1) is 5.02 Å². The fraction of sp³-hybridized carbons (Fsp3) is 0.312. The van der Waals surface area contributed by atoms with Gasteiger partial charge in [0.2, 0.25) is 0 Å². The van der Waals surface area contributed by atoms with Crippen LogP contribution in [0.15, 0.2) is 34.9 Å². The average Bonchev–Trinajstić information content (AvgIpc) is 3.17. The lowest BCUT2D eigenvalue weighted by Gasteiger charge is -2.24. The molecule has 1 aliphatic carbocycles. The summed E-state index contributed by atoms with van der Waals surface area (Å²) in [7, 11) is 0. The minimum Gasteiger partial charge on any atom is -0.480 e. The molecule has 23 heavy (non-hydrogen) atoms. The SMILES string of the molecule is O=C(NC1(C(=O)O)CCCC1)c1cc(-c2ccccc2Cl)on1. The van der Waals surface area contributed by atoms with Crippen molar-refractivity contribution in [2.24, 2.45) is 0 Å². The lowest BCUT2D eigenvalue weighted by molar-refractivity contribution is -0.144. The zero-order valence-corrected chi connectivity index (χ0v) is 13.0. The van der Waals surface area contributed by atoms with Crippen molar-refractivity contribution in [1.29, 1.82) is 0 Å². The molecule has 1 fully saturated rings. The van der Waals surface area contributed by atoms with Gasteiger partial charge in [-0.05, 0) is 25.0 Å². The number of hydrogen-bond acceptors (Lipinski definition) is 4. The van der Waals surface area contributed by atoms with Crippen LogP contribution in [0, 0.1) is 0 Å². The lowest BCUT2D eigenvalue weighted by atomic mass is 9.97. The zero-order valence-electron chi connectivity index (χ0n) is 12.2. The maximum Gasteiger partial charge on any atom is 0.329 e. The van der Waals surface area contributed by atoms with Crippen LogP contribution in [-0.2, 0) is 4.79 Å². The van der Waals surface area contributed by atoms with Crippen LogP contribution in [0.25, 0.3) is 11.3 Å². The quantitative estimate of drug-likeness (QED) is 0.896. The molecule has 120 valence electrons. The van der Waals surface area contributed by atoms with Crippen LogP contribution in [0.3, 0.4) is 0 Å². The molecule has 1 aliphatic rings. The van der Waals surface area contributed by atoms with E-state index < -0.39 is 17.4 Å².